The number of carbonyl (C=O) groups excluding carboxylic acids is 2. The molecule has 2 atom stereocenters. The monoisotopic (exact) mass is 679 g/mol. The Hall–Kier alpha value is -0.990. The summed E-state index contributed by atoms with van der Waals surface area (Å²) in [6, 6.07) is 0. The SMILES string of the molecule is CCCCCCCCCCCCCCCCCCCC(=O)OC(COC(=O)CCCCCCC)COP(=O)(O)OCC[N+](C)(C)C. The van der Waals surface area contributed by atoms with E-state index in [1.165, 1.54) is 89.9 Å². The zero-order valence-electron chi connectivity index (χ0n) is 30.6. The molecule has 0 rings (SSSR count). The predicted molar refractivity (Wildman–Crippen MR) is 188 cm³/mol. The molecule has 0 spiro atoms. The van der Waals surface area contributed by atoms with Crippen LogP contribution in [0.2, 0.25) is 0 Å². The van der Waals surface area contributed by atoms with Crippen molar-refractivity contribution in [2.75, 3.05) is 47.5 Å². The van der Waals surface area contributed by atoms with E-state index in [-0.39, 0.29) is 32.0 Å². The van der Waals surface area contributed by atoms with E-state index in [2.05, 4.69) is 13.8 Å². The van der Waals surface area contributed by atoms with Crippen molar-refractivity contribution in [1.82, 2.24) is 0 Å². The number of ether oxygens (including phenoxy) is 2. The van der Waals surface area contributed by atoms with Gasteiger partial charge in [0.05, 0.1) is 27.7 Å². The van der Waals surface area contributed by atoms with Crippen molar-refractivity contribution in [3.8, 4) is 0 Å². The van der Waals surface area contributed by atoms with E-state index in [1.54, 1.807) is 0 Å². The minimum absolute atomic E-state index is 0.0358. The van der Waals surface area contributed by atoms with Crippen LogP contribution in [0.5, 0.6) is 0 Å². The number of nitrogens with zero attached hydrogens (tertiary/aromatic N) is 1. The smallest absolute Gasteiger partial charge is 0.462 e. The van der Waals surface area contributed by atoms with E-state index in [0.717, 1.165) is 51.4 Å². The summed E-state index contributed by atoms with van der Waals surface area (Å²) in [7, 11) is 1.48. The summed E-state index contributed by atoms with van der Waals surface area (Å²) in [5, 5.41) is 0. The molecule has 2 unspecified atom stereocenters. The highest BCUT2D eigenvalue weighted by Crippen LogP contribution is 2.43. The van der Waals surface area contributed by atoms with Crippen LogP contribution in [0.25, 0.3) is 0 Å². The van der Waals surface area contributed by atoms with E-state index in [0.29, 0.717) is 11.0 Å². The van der Waals surface area contributed by atoms with Gasteiger partial charge in [-0.25, -0.2) is 4.57 Å². The second-order valence-corrected chi connectivity index (χ2v) is 15.4. The molecule has 0 heterocycles. The summed E-state index contributed by atoms with van der Waals surface area (Å²) >= 11 is 0. The van der Waals surface area contributed by atoms with E-state index in [1.807, 2.05) is 21.1 Å². The summed E-state index contributed by atoms with van der Waals surface area (Å²) in [4.78, 5) is 34.8. The highest BCUT2D eigenvalue weighted by atomic mass is 31.2. The van der Waals surface area contributed by atoms with Gasteiger partial charge in [-0.15, -0.1) is 0 Å². The minimum atomic E-state index is -4.35. The lowest BCUT2D eigenvalue weighted by atomic mass is 10.0. The molecule has 0 bridgehead atoms. The predicted octanol–water partition coefficient (Wildman–Crippen LogP) is 9.68. The first-order valence-electron chi connectivity index (χ1n) is 18.8. The first-order chi connectivity index (χ1) is 22.0. The molecule has 9 nitrogen and oxygen atoms in total. The molecule has 0 aromatic carbocycles. The Kier molecular flexibility index (Phi) is 29.4. The molecule has 0 saturated carbocycles. The van der Waals surface area contributed by atoms with Crippen LogP contribution in [0, 0.1) is 0 Å². The second kappa shape index (κ2) is 30.1. The number of likely N-dealkylation sites (N-methyl/N-ethyl adjacent to an activating group) is 1. The topological polar surface area (TPSA) is 108 Å². The van der Waals surface area contributed by atoms with Crippen molar-refractivity contribution >= 4 is 19.8 Å². The number of phosphoric ester groups is 1. The lowest BCUT2D eigenvalue weighted by molar-refractivity contribution is -0.870. The van der Waals surface area contributed by atoms with Gasteiger partial charge in [-0.1, -0.05) is 142 Å². The molecule has 0 aromatic heterocycles. The van der Waals surface area contributed by atoms with Gasteiger partial charge in [0.25, 0.3) is 0 Å². The lowest BCUT2D eigenvalue weighted by Crippen LogP contribution is -2.37. The van der Waals surface area contributed by atoms with Crippen molar-refractivity contribution in [1.29, 1.82) is 0 Å². The second-order valence-electron chi connectivity index (χ2n) is 14.0. The zero-order chi connectivity index (χ0) is 34.4. The molecule has 0 aliphatic heterocycles. The molecule has 0 fully saturated rings. The maximum absolute atomic E-state index is 12.6. The molecule has 0 aliphatic rings. The zero-order valence-corrected chi connectivity index (χ0v) is 31.5. The Morgan fingerprint density at radius 1 is 0.587 bits per heavy atom. The fourth-order valence-electron chi connectivity index (χ4n) is 5.13. The van der Waals surface area contributed by atoms with Gasteiger partial charge in [-0.05, 0) is 12.8 Å². The Morgan fingerprint density at radius 3 is 1.39 bits per heavy atom. The van der Waals surface area contributed by atoms with E-state index in [9.17, 15) is 19.0 Å². The quantitative estimate of drug-likeness (QED) is 0.0310. The standard InChI is InChI=1S/C36H72NO8P/c1-6-8-10-12-13-14-15-16-17-18-19-20-21-22-23-25-27-29-36(39)45-34(32-42-35(38)28-26-24-11-9-7-2)33-44-46(40,41)43-31-30-37(3,4)5/h34H,6-33H2,1-5H3/p+1. The Balaban J connectivity index is 4.24. The molecular formula is C36H73NO8P+. The van der Waals surface area contributed by atoms with Gasteiger partial charge in [-0.2, -0.15) is 0 Å². The fourth-order valence-corrected chi connectivity index (χ4v) is 5.87. The van der Waals surface area contributed by atoms with Gasteiger partial charge < -0.3 is 18.9 Å². The summed E-state index contributed by atoms with van der Waals surface area (Å²) < 4.78 is 33.9. The molecule has 0 aromatic rings. The number of carbonyl (C=O) groups is 2. The molecule has 0 saturated heterocycles. The summed E-state index contributed by atoms with van der Waals surface area (Å²) in [5.74, 6) is -0.805. The average molecular weight is 679 g/mol. The highest BCUT2D eigenvalue weighted by molar-refractivity contribution is 7.47. The normalized spacial score (nSPS) is 13.8. The Labute approximate surface area is 283 Å². The lowest BCUT2D eigenvalue weighted by Gasteiger charge is -2.24. The molecule has 0 aliphatic carbocycles. The average Bonchev–Trinajstić information content (AvgIpc) is 2.99. The third-order valence-corrected chi connectivity index (χ3v) is 9.12. The third kappa shape index (κ3) is 32.9. The van der Waals surface area contributed by atoms with Crippen LogP contribution in [0.3, 0.4) is 0 Å². The summed E-state index contributed by atoms with van der Waals surface area (Å²) in [5.41, 5.74) is 0. The summed E-state index contributed by atoms with van der Waals surface area (Å²) in [6.45, 7) is 4.33. The van der Waals surface area contributed by atoms with Crippen LogP contribution in [-0.4, -0.2) is 74.9 Å². The third-order valence-electron chi connectivity index (χ3n) is 8.14. The van der Waals surface area contributed by atoms with Crippen molar-refractivity contribution in [2.45, 2.75) is 174 Å². The number of esters is 2. The molecule has 46 heavy (non-hydrogen) atoms. The number of phosphoric acid groups is 1. The number of unbranched alkanes of at least 4 members (excludes halogenated alkanes) is 20. The molecule has 0 radical (unpaired) electrons. The van der Waals surface area contributed by atoms with Crippen molar-refractivity contribution in [3.63, 3.8) is 0 Å². The van der Waals surface area contributed by atoms with Crippen molar-refractivity contribution in [3.05, 3.63) is 0 Å². The van der Waals surface area contributed by atoms with Crippen molar-refractivity contribution < 1.29 is 42.1 Å². The number of hydrogen-bond donors (Lipinski definition) is 1. The van der Waals surface area contributed by atoms with E-state index >= 15 is 0 Å². The number of rotatable bonds is 34. The van der Waals surface area contributed by atoms with Crippen LogP contribution in [0.4, 0.5) is 0 Å². The van der Waals surface area contributed by atoms with Crippen molar-refractivity contribution in [2.24, 2.45) is 0 Å². The maximum Gasteiger partial charge on any atom is 0.472 e. The van der Waals surface area contributed by atoms with E-state index in [4.69, 9.17) is 18.5 Å². The molecule has 0 amide bonds. The molecule has 274 valence electrons. The Bertz CT molecular complexity index is 774. The van der Waals surface area contributed by atoms with Gasteiger partial charge in [0.2, 0.25) is 0 Å². The van der Waals surface area contributed by atoms with Gasteiger partial charge in [-0.3, -0.25) is 18.6 Å². The van der Waals surface area contributed by atoms with Crippen LogP contribution < -0.4 is 0 Å². The van der Waals surface area contributed by atoms with Crippen LogP contribution in [0.15, 0.2) is 0 Å². The van der Waals surface area contributed by atoms with Gasteiger partial charge in [0, 0.05) is 12.8 Å². The molecular weight excluding hydrogens is 605 g/mol. The molecule has 10 heteroatoms. The maximum atomic E-state index is 12.6. The molecule has 1 N–H and O–H groups in total. The van der Waals surface area contributed by atoms with Gasteiger partial charge in [0.15, 0.2) is 6.10 Å². The van der Waals surface area contributed by atoms with Crippen LogP contribution in [0.1, 0.15) is 168 Å². The minimum Gasteiger partial charge on any atom is -0.462 e. The summed E-state index contributed by atoms with van der Waals surface area (Å²) in [6.07, 6.45) is 26.2. The highest BCUT2D eigenvalue weighted by Gasteiger charge is 2.27. The van der Waals surface area contributed by atoms with E-state index < -0.39 is 26.5 Å². The Morgan fingerprint density at radius 2 is 0.978 bits per heavy atom. The number of quaternary nitrogens is 1. The first kappa shape index (κ1) is 45.0. The van der Waals surface area contributed by atoms with Crippen LogP contribution >= 0.6 is 7.82 Å². The van der Waals surface area contributed by atoms with Gasteiger partial charge >= 0.3 is 19.8 Å². The largest absolute Gasteiger partial charge is 0.472 e. The fraction of sp³-hybridized carbons (Fsp3) is 0.944. The first-order valence-corrected chi connectivity index (χ1v) is 20.3. The number of hydrogen-bond acceptors (Lipinski definition) is 7. The van der Waals surface area contributed by atoms with Gasteiger partial charge in [0.1, 0.15) is 19.8 Å². The van der Waals surface area contributed by atoms with Crippen LogP contribution in [-0.2, 0) is 32.7 Å².